The molecule has 2 unspecified atom stereocenters. The summed E-state index contributed by atoms with van der Waals surface area (Å²) < 4.78 is 0. The lowest BCUT2D eigenvalue weighted by atomic mass is 10.0. The van der Waals surface area contributed by atoms with Gasteiger partial charge in [0.15, 0.2) is 0 Å². The average Bonchev–Trinajstić information content (AvgIpc) is 3.22. The molecule has 0 spiro atoms. The smallest absolute Gasteiger partial charge is 0.220 e. The number of carbonyl (C=O) groups excluding carboxylic acids is 1. The molecule has 0 saturated carbocycles. The van der Waals surface area contributed by atoms with Crippen LogP contribution in [0.2, 0.25) is 0 Å². The molecule has 0 fully saturated rings. The number of aliphatic hydroxyl groups excluding tert-OH is 2. The van der Waals surface area contributed by atoms with Gasteiger partial charge >= 0.3 is 0 Å². The molecule has 0 aromatic rings. The van der Waals surface area contributed by atoms with Gasteiger partial charge < -0.3 is 15.5 Å². The molecule has 0 aliphatic rings. The van der Waals surface area contributed by atoms with E-state index in [2.05, 4.69) is 55.6 Å². The van der Waals surface area contributed by atoms with E-state index in [0.29, 0.717) is 6.42 Å². The molecule has 57 heavy (non-hydrogen) atoms. The van der Waals surface area contributed by atoms with Gasteiger partial charge in [0.2, 0.25) is 5.91 Å². The lowest BCUT2D eigenvalue weighted by Gasteiger charge is -2.19. The number of carbonyl (C=O) groups is 1. The summed E-state index contributed by atoms with van der Waals surface area (Å²) in [5, 5.41) is 23.1. The summed E-state index contributed by atoms with van der Waals surface area (Å²) in [7, 11) is 0. The van der Waals surface area contributed by atoms with Gasteiger partial charge in [-0.2, -0.15) is 0 Å². The number of unbranched alkanes of at least 4 members (excludes halogenated alkanes) is 33. The summed E-state index contributed by atoms with van der Waals surface area (Å²) in [4.78, 5) is 12.4. The second-order valence-electron chi connectivity index (χ2n) is 17.2. The molecular weight excluding hydrogens is 699 g/mol. The third-order valence-electron chi connectivity index (χ3n) is 11.5. The van der Waals surface area contributed by atoms with Gasteiger partial charge in [-0.3, -0.25) is 4.79 Å². The van der Waals surface area contributed by atoms with Crippen molar-refractivity contribution in [3.05, 3.63) is 48.6 Å². The molecule has 2 atom stereocenters. The summed E-state index contributed by atoms with van der Waals surface area (Å²) in [6, 6.07) is -0.649. The average molecular weight is 798 g/mol. The predicted octanol–water partition coefficient (Wildman–Crippen LogP) is 16.3. The molecule has 0 aliphatic carbocycles. The number of allylic oxidation sites excluding steroid dienone is 7. The molecule has 0 aromatic heterocycles. The van der Waals surface area contributed by atoms with Crippen molar-refractivity contribution in [2.75, 3.05) is 6.61 Å². The number of amides is 1. The minimum absolute atomic E-state index is 0.0807. The van der Waals surface area contributed by atoms with Crippen LogP contribution in [0, 0.1) is 0 Å². The summed E-state index contributed by atoms with van der Waals surface area (Å²) >= 11 is 0. The largest absolute Gasteiger partial charge is 0.394 e. The van der Waals surface area contributed by atoms with Crippen LogP contribution in [0.1, 0.15) is 264 Å². The Hall–Kier alpha value is -1.65. The topological polar surface area (TPSA) is 69.6 Å². The SMILES string of the molecule is CCCCCCCCCCCCCC/C=C\CCCCCCCCCC(=O)NC(CO)C(O)/C=C/CC/C=C/CC/C=C/CCCCCCCCCCCCCC. The van der Waals surface area contributed by atoms with Crippen LogP contribution in [0.5, 0.6) is 0 Å². The zero-order chi connectivity index (χ0) is 41.4. The lowest BCUT2D eigenvalue weighted by molar-refractivity contribution is -0.123. The minimum Gasteiger partial charge on any atom is -0.394 e. The number of nitrogens with one attached hydrogen (secondary N) is 1. The Labute approximate surface area is 356 Å². The highest BCUT2D eigenvalue weighted by Crippen LogP contribution is 2.15. The third kappa shape index (κ3) is 45.3. The van der Waals surface area contributed by atoms with Crippen LogP contribution in [-0.2, 0) is 4.79 Å². The van der Waals surface area contributed by atoms with Crippen LogP contribution in [0.3, 0.4) is 0 Å². The molecule has 0 aliphatic heterocycles. The van der Waals surface area contributed by atoms with Crippen molar-refractivity contribution < 1.29 is 15.0 Å². The standard InChI is InChI=1S/C53H99NO3/c1-3-5-7-9-11-13-15-17-19-21-23-25-27-29-31-33-35-37-39-41-43-45-47-49-53(57)54-51(50-55)52(56)48-46-44-42-40-38-36-34-32-30-28-26-24-22-20-18-16-14-12-10-8-6-4-2/h29-32,38,40,46,48,51-52,55-56H,3-28,33-37,39,41-45,47,49-50H2,1-2H3,(H,54,57)/b31-29-,32-30+,40-38+,48-46+. The summed E-state index contributed by atoms with van der Waals surface area (Å²) in [5.41, 5.74) is 0. The first-order valence-corrected chi connectivity index (χ1v) is 25.4. The highest BCUT2D eigenvalue weighted by Gasteiger charge is 2.17. The van der Waals surface area contributed by atoms with E-state index in [1.807, 2.05) is 6.08 Å². The molecular formula is C53H99NO3. The maximum absolute atomic E-state index is 12.4. The first-order chi connectivity index (χ1) is 28.2. The lowest BCUT2D eigenvalue weighted by Crippen LogP contribution is -2.45. The van der Waals surface area contributed by atoms with Gasteiger partial charge in [-0.1, -0.05) is 236 Å². The van der Waals surface area contributed by atoms with Crippen LogP contribution in [0.4, 0.5) is 0 Å². The Morgan fingerprint density at radius 3 is 1.02 bits per heavy atom. The van der Waals surface area contributed by atoms with E-state index in [0.717, 1.165) is 38.5 Å². The van der Waals surface area contributed by atoms with Crippen molar-refractivity contribution in [3.8, 4) is 0 Å². The Balaban J connectivity index is 3.60. The van der Waals surface area contributed by atoms with Gasteiger partial charge in [0, 0.05) is 6.42 Å². The van der Waals surface area contributed by atoms with Crippen LogP contribution < -0.4 is 5.32 Å². The van der Waals surface area contributed by atoms with Crippen LogP contribution in [-0.4, -0.2) is 34.9 Å². The number of rotatable bonds is 46. The Morgan fingerprint density at radius 2 is 0.684 bits per heavy atom. The Bertz CT molecular complexity index is 908. The van der Waals surface area contributed by atoms with Gasteiger partial charge in [0.05, 0.1) is 18.8 Å². The summed E-state index contributed by atoms with van der Waals surface area (Å²) in [6.07, 6.45) is 66.8. The Kier molecular flexibility index (Phi) is 47.3. The van der Waals surface area contributed by atoms with Gasteiger partial charge in [0.25, 0.3) is 0 Å². The minimum atomic E-state index is -0.873. The molecule has 4 heteroatoms. The first-order valence-electron chi connectivity index (χ1n) is 25.4. The van der Waals surface area contributed by atoms with Gasteiger partial charge in [-0.25, -0.2) is 0 Å². The van der Waals surface area contributed by atoms with Crippen LogP contribution in [0.15, 0.2) is 48.6 Å². The van der Waals surface area contributed by atoms with Crippen molar-refractivity contribution in [3.63, 3.8) is 0 Å². The molecule has 3 N–H and O–H groups in total. The third-order valence-corrected chi connectivity index (χ3v) is 11.5. The highest BCUT2D eigenvalue weighted by atomic mass is 16.3. The molecule has 0 radical (unpaired) electrons. The molecule has 0 saturated heterocycles. The summed E-state index contributed by atoms with van der Waals surface area (Å²) in [5.74, 6) is -0.0807. The van der Waals surface area contributed by atoms with Crippen molar-refractivity contribution in [2.24, 2.45) is 0 Å². The molecule has 1 amide bonds. The maximum atomic E-state index is 12.4. The zero-order valence-corrected chi connectivity index (χ0v) is 38.4. The van der Waals surface area contributed by atoms with Crippen molar-refractivity contribution in [1.82, 2.24) is 5.32 Å². The predicted molar refractivity (Wildman–Crippen MR) is 253 cm³/mol. The summed E-state index contributed by atoms with van der Waals surface area (Å²) in [6.45, 7) is 4.31. The van der Waals surface area contributed by atoms with E-state index in [1.165, 1.54) is 205 Å². The molecule has 4 nitrogen and oxygen atoms in total. The fraction of sp³-hybridized carbons (Fsp3) is 0.830. The number of hydrogen-bond acceptors (Lipinski definition) is 3. The van der Waals surface area contributed by atoms with E-state index >= 15 is 0 Å². The van der Waals surface area contributed by atoms with Crippen LogP contribution in [0.25, 0.3) is 0 Å². The quantitative estimate of drug-likeness (QED) is 0.0424. The molecule has 0 bridgehead atoms. The number of hydrogen-bond donors (Lipinski definition) is 3. The van der Waals surface area contributed by atoms with E-state index in [9.17, 15) is 15.0 Å². The molecule has 334 valence electrons. The van der Waals surface area contributed by atoms with E-state index in [4.69, 9.17) is 0 Å². The Morgan fingerprint density at radius 1 is 0.404 bits per heavy atom. The second kappa shape index (κ2) is 48.7. The fourth-order valence-electron chi connectivity index (χ4n) is 7.62. The van der Waals surface area contributed by atoms with Gasteiger partial charge in [0.1, 0.15) is 0 Å². The van der Waals surface area contributed by atoms with Crippen LogP contribution >= 0.6 is 0 Å². The van der Waals surface area contributed by atoms with E-state index < -0.39 is 12.1 Å². The normalized spacial score (nSPS) is 13.3. The molecule has 0 heterocycles. The molecule has 0 aromatic carbocycles. The first kappa shape index (κ1) is 55.4. The molecule has 0 rings (SSSR count). The van der Waals surface area contributed by atoms with Gasteiger partial charge in [-0.15, -0.1) is 0 Å². The van der Waals surface area contributed by atoms with E-state index in [1.54, 1.807) is 6.08 Å². The second-order valence-corrected chi connectivity index (χ2v) is 17.2. The maximum Gasteiger partial charge on any atom is 0.220 e. The fourth-order valence-corrected chi connectivity index (χ4v) is 7.62. The van der Waals surface area contributed by atoms with Crippen molar-refractivity contribution in [2.45, 2.75) is 276 Å². The van der Waals surface area contributed by atoms with Crippen molar-refractivity contribution in [1.29, 1.82) is 0 Å². The monoisotopic (exact) mass is 798 g/mol. The van der Waals surface area contributed by atoms with Gasteiger partial charge in [-0.05, 0) is 70.6 Å². The number of aliphatic hydroxyl groups is 2. The van der Waals surface area contributed by atoms with Crippen molar-refractivity contribution >= 4 is 5.91 Å². The highest BCUT2D eigenvalue weighted by molar-refractivity contribution is 5.76. The van der Waals surface area contributed by atoms with E-state index in [-0.39, 0.29) is 12.5 Å². The zero-order valence-electron chi connectivity index (χ0n) is 38.4.